The number of aliphatic hydroxyl groups excluding tert-OH is 1. The minimum absolute atomic E-state index is 0. The Balaban J connectivity index is -0.000000112. The quantitative estimate of drug-likeness (QED) is 0.548. The van der Waals surface area contributed by atoms with Crippen LogP contribution in [0, 0.1) is 7.43 Å². The number of nitrogens with zero attached hydrogens (tertiary/aromatic N) is 1. The Morgan fingerprint density at radius 1 is 0.905 bits per heavy atom. The molecular weight excluding hydrogens is 343 g/mol. The molecule has 0 aromatic heterocycles. The summed E-state index contributed by atoms with van der Waals surface area (Å²) in [7, 11) is 0. The summed E-state index contributed by atoms with van der Waals surface area (Å²) in [5, 5.41) is 16.0. The first kappa shape index (κ1) is 29.0. The summed E-state index contributed by atoms with van der Waals surface area (Å²) in [6.45, 7) is 9.31. The summed E-state index contributed by atoms with van der Waals surface area (Å²) in [4.78, 5) is 0. The third-order valence-corrected chi connectivity index (χ3v) is 1.57. The Morgan fingerprint density at radius 3 is 1.05 bits per heavy atom. The Morgan fingerprint density at radius 2 is 1.05 bits per heavy atom. The van der Waals surface area contributed by atoms with Gasteiger partial charge in [-0.25, -0.2) is 0 Å². The third-order valence-electron chi connectivity index (χ3n) is 0.851. The van der Waals surface area contributed by atoms with Gasteiger partial charge in [0.05, 0.1) is 5.60 Å². The first-order valence-electron chi connectivity index (χ1n) is 5.31. The van der Waals surface area contributed by atoms with Crippen LogP contribution in [0.4, 0.5) is 26.3 Å². The molecule has 0 aliphatic carbocycles. The predicted octanol–water partition coefficient (Wildman–Crippen LogP) is 3.82. The van der Waals surface area contributed by atoms with Crippen molar-refractivity contribution in [2.75, 3.05) is 0 Å². The zero-order valence-electron chi connectivity index (χ0n) is 12.7. The molecule has 0 aliphatic rings. The maximum absolute atomic E-state index is 11.0. The molecule has 0 aromatic carbocycles. The first-order valence-corrected chi connectivity index (χ1v) is 5.93. The van der Waals surface area contributed by atoms with E-state index in [0.29, 0.717) is 6.04 Å². The fourth-order valence-corrected chi connectivity index (χ4v) is 0.186. The zero-order chi connectivity index (χ0) is 17.4. The molecule has 0 saturated carbocycles. The van der Waals surface area contributed by atoms with E-state index in [1.807, 2.05) is 13.8 Å². The molecule has 21 heavy (non-hydrogen) atoms. The van der Waals surface area contributed by atoms with Crippen molar-refractivity contribution in [3.05, 3.63) is 7.43 Å². The summed E-state index contributed by atoms with van der Waals surface area (Å²) in [6.07, 6.45) is -15.5. The van der Waals surface area contributed by atoms with Gasteiger partial charge in [0.25, 0.3) is 0 Å². The number of halogens is 6. The molecule has 2 N–H and O–H groups in total. The minimum Gasteiger partial charge on any atom is -0.377 e. The van der Waals surface area contributed by atoms with Crippen molar-refractivity contribution in [2.45, 2.75) is 64.7 Å². The third kappa shape index (κ3) is 33.0. The van der Waals surface area contributed by atoms with Crippen LogP contribution in [0.1, 0.15) is 34.6 Å². The number of alkyl halides is 6. The van der Waals surface area contributed by atoms with E-state index in [0.717, 1.165) is 0 Å². The van der Waals surface area contributed by atoms with Crippen molar-refractivity contribution in [3.63, 3.8) is 0 Å². The summed E-state index contributed by atoms with van der Waals surface area (Å²) in [5.41, 5.74) is -0.500. The minimum atomic E-state index is -5.63. The number of aliphatic hydroxyl groups is 2. The molecule has 0 heterocycles. The molecule has 0 spiro atoms. The molecule has 0 aromatic rings. The molecule has 0 amide bonds. The van der Waals surface area contributed by atoms with Gasteiger partial charge in [-0.1, -0.05) is 0 Å². The van der Waals surface area contributed by atoms with Gasteiger partial charge < -0.3 is 17.6 Å². The smallest absolute Gasteiger partial charge is 0.377 e. The molecular formula is C11H22F6NO2V-. The van der Waals surface area contributed by atoms with E-state index in [1.165, 1.54) is 0 Å². The van der Waals surface area contributed by atoms with Crippen LogP contribution in [0.2, 0.25) is 0 Å². The van der Waals surface area contributed by atoms with Crippen LogP contribution in [0.25, 0.3) is 0 Å². The van der Waals surface area contributed by atoms with E-state index >= 15 is 0 Å². The van der Waals surface area contributed by atoms with Crippen molar-refractivity contribution in [2.24, 2.45) is 3.79 Å². The van der Waals surface area contributed by atoms with Gasteiger partial charge in [-0.15, -0.1) is 0 Å². The van der Waals surface area contributed by atoms with Gasteiger partial charge in [0.1, 0.15) is 0 Å². The summed E-state index contributed by atoms with van der Waals surface area (Å²) >= 11 is 2.20. The summed E-state index contributed by atoms with van der Waals surface area (Å²) in [6, 6.07) is 0.481. The van der Waals surface area contributed by atoms with Crippen LogP contribution < -0.4 is 0 Å². The second kappa shape index (κ2) is 11.5. The fourth-order valence-electron chi connectivity index (χ4n) is 0.186. The van der Waals surface area contributed by atoms with E-state index in [4.69, 9.17) is 10.2 Å². The molecule has 0 atom stereocenters. The largest absolute Gasteiger partial charge is 0.423 e. The van der Waals surface area contributed by atoms with Crippen molar-refractivity contribution in [1.82, 2.24) is 0 Å². The molecule has 0 fully saturated rings. The van der Waals surface area contributed by atoms with Gasteiger partial charge in [-0.05, 0) is 20.8 Å². The Labute approximate surface area is 130 Å². The molecule has 3 nitrogen and oxygen atoms in total. The van der Waals surface area contributed by atoms with Crippen LogP contribution >= 0.6 is 0 Å². The van der Waals surface area contributed by atoms with E-state index in [1.54, 1.807) is 20.8 Å². The van der Waals surface area contributed by atoms with E-state index < -0.39 is 24.1 Å². The Bertz CT molecular complexity index is 241. The number of rotatable bonds is 1. The molecule has 0 rings (SSSR count). The van der Waals surface area contributed by atoms with Gasteiger partial charge in [-0.2, -0.15) is 26.3 Å². The maximum Gasteiger partial charge on any atom is 0.423 e. The van der Waals surface area contributed by atoms with Crippen molar-refractivity contribution >= 4 is 0 Å². The second-order valence-corrected chi connectivity index (χ2v) is 5.23. The van der Waals surface area contributed by atoms with Crippen molar-refractivity contribution in [1.29, 1.82) is 0 Å². The van der Waals surface area contributed by atoms with Gasteiger partial charge in [0.15, 0.2) is 0 Å². The maximum atomic E-state index is 11.0. The SMILES string of the molecule is CC(C)(C)O.CC(C)[N]=[V].OC(C(F)(F)F)C(F)(F)F.[CH3-]. The molecule has 0 radical (unpaired) electrons. The number of hydrogen-bond acceptors (Lipinski definition) is 3. The average Bonchev–Trinajstić information content (AvgIpc) is 2.12. The number of hydrogen-bond donors (Lipinski definition) is 2. The standard InChI is InChI=1S/C4H10O.C3H2F6O.C3H7N.CH3.V/c1-4(2,3)5;4-2(5,6)1(10)3(7,8)9;1-3(2)4;;/h5H,1-3H3;1,10H;3H,1-2H3;1H3;/q;;;-1;. The van der Waals surface area contributed by atoms with Crippen LogP contribution in [-0.4, -0.2) is 40.3 Å². The monoisotopic (exact) mass is 365 g/mol. The van der Waals surface area contributed by atoms with Gasteiger partial charge in [0, 0.05) is 0 Å². The van der Waals surface area contributed by atoms with Crippen molar-refractivity contribution in [3.8, 4) is 0 Å². The van der Waals surface area contributed by atoms with Crippen LogP contribution in [0.3, 0.4) is 0 Å². The molecule has 131 valence electrons. The van der Waals surface area contributed by atoms with Gasteiger partial charge in [0.2, 0.25) is 6.10 Å². The molecule has 10 heteroatoms. The van der Waals surface area contributed by atoms with Gasteiger partial charge >= 0.3 is 53.3 Å². The average molecular weight is 365 g/mol. The Hall–Kier alpha value is -0.116. The second-order valence-electron chi connectivity index (χ2n) is 4.87. The topological polar surface area (TPSA) is 52.8 Å². The predicted molar refractivity (Wildman–Crippen MR) is 64.1 cm³/mol. The van der Waals surface area contributed by atoms with Crippen LogP contribution in [0.5, 0.6) is 0 Å². The van der Waals surface area contributed by atoms with Crippen LogP contribution in [-0.2, 0) is 17.2 Å². The van der Waals surface area contributed by atoms with Gasteiger partial charge in [-0.3, -0.25) is 0 Å². The first-order chi connectivity index (χ1) is 8.42. The molecule has 0 bridgehead atoms. The van der Waals surface area contributed by atoms with E-state index in [2.05, 4.69) is 21.0 Å². The van der Waals surface area contributed by atoms with Crippen LogP contribution in [0.15, 0.2) is 3.79 Å². The molecule has 0 unspecified atom stereocenters. The van der Waals surface area contributed by atoms with E-state index in [9.17, 15) is 26.3 Å². The Kier molecular flexibility index (Phi) is 15.8. The normalized spacial score (nSPS) is 11.7. The fraction of sp³-hybridized carbons (Fsp3) is 0.909. The van der Waals surface area contributed by atoms with Crippen molar-refractivity contribution < 1.29 is 53.8 Å². The molecule has 0 aliphatic heterocycles. The van der Waals surface area contributed by atoms with E-state index in [-0.39, 0.29) is 7.43 Å². The molecule has 0 saturated heterocycles. The zero-order valence-corrected chi connectivity index (χ0v) is 14.1. The summed E-state index contributed by atoms with van der Waals surface area (Å²) < 4.78 is 69.7. The summed E-state index contributed by atoms with van der Waals surface area (Å²) in [5.74, 6) is 0.